The number of anilines is 3. The van der Waals surface area contributed by atoms with Crippen molar-refractivity contribution in [2.75, 3.05) is 10.6 Å². The maximum Gasteiger partial charge on any atom is 0.274 e. The van der Waals surface area contributed by atoms with Crippen LogP contribution in [0.15, 0.2) is 67.0 Å². The van der Waals surface area contributed by atoms with Crippen LogP contribution in [0.3, 0.4) is 0 Å². The van der Waals surface area contributed by atoms with E-state index >= 15 is 0 Å². The van der Waals surface area contributed by atoms with Gasteiger partial charge in [0.05, 0.1) is 0 Å². The van der Waals surface area contributed by atoms with E-state index in [1.807, 2.05) is 48.5 Å². The molecule has 0 aliphatic heterocycles. The molecule has 0 radical (unpaired) electrons. The highest BCUT2D eigenvalue weighted by atomic mass is 16.1. The molecule has 3 aromatic rings. The quantitative estimate of drug-likeness (QED) is 0.714. The number of nitrogens with zero attached hydrogens (tertiary/aromatic N) is 2. The Kier molecular flexibility index (Phi) is 4.98. The van der Waals surface area contributed by atoms with Crippen LogP contribution in [0.1, 0.15) is 36.8 Å². The summed E-state index contributed by atoms with van der Waals surface area (Å²) in [5, 5.41) is 6.14. The number of hydrogen-bond acceptors (Lipinski definition) is 4. The van der Waals surface area contributed by atoms with E-state index in [0.717, 1.165) is 11.4 Å². The van der Waals surface area contributed by atoms with Gasteiger partial charge in [-0.15, -0.1) is 0 Å². The Morgan fingerprint density at radius 3 is 2.35 bits per heavy atom. The smallest absolute Gasteiger partial charge is 0.274 e. The number of carbonyl (C=O) groups excluding carboxylic acids is 1. The molecular formula is C21H22N4O. The highest BCUT2D eigenvalue weighted by molar-refractivity contribution is 6.03. The van der Waals surface area contributed by atoms with Crippen molar-refractivity contribution in [3.05, 3.63) is 78.2 Å². The Morgan fingerprint density at radius 2 is 1.62 bits per heavy atom. The zero-order valence-corrected chi connectivity index (χ0v) is 15.2. The first-order chi connectivity index (χ1) is 12.4. The third-order valence-electron chi connectivity index (χ3n) is 3.93. The molecule has 0 spiro atoms. The fourth-order valence-electron chi connectivity index (χ4n) is 2.65. The number of nitrogens with one attached hydrogen (secondary N) is 2. The van der Waals surface area contributed by atoms with Crippen molar-refractivity contribution in [3.63, 3.8) is 0 Å². The predicted octanol–water partition coefficient (Wildman–Crippen LogP) is 4.77. The molecule has 5 heteroatoms. The highest BCUT2D eigenvalue weighted by Gasteiger charge is 2.18. The van der Waals surface area contributed by atoms with Crippen molar-refractivity contribution in [2.45, 2.75) is 26.2 Å². The molecule has 0 aliphatic carbocycles. The first-order valence-corrected chi connectivity index (χ1v) is 8.48. The Hall–Kier alpha value is -3.21. The second kappa shape index (κ2) is 7.35. The Balaban J connectivity index is 1.81. The number of benzene rings is 2. The van der Waals surface area contributed by atoms with Gasteiger partial charge in [0.2, 0.25) is 0 Å². The monoisotopic (exact) mass is 346 g/mol. The van der Waals surface area contributed by atoms with Crippen molar-refractivity contribution in [1.82, 2.24) is 9.97 Å². The third-order valence-corrected chi connectivity index (χ3v) is 3.93. The number of rotatable bonds is 4. The lowest BCUT2D eigenvalue weighted by molar-refractivity contribution is 0.102. The average Bonchev–Trinajstić information content (AvgIpc) is 2.62. The van der Waals surface area contributed by atoms with Crippen molar-refractivity contribution in [3.8, 4) is 0 Å². The van der Waals surface area contributed by atoms with E-state index < -0.39 is 0 Å². The second-order valence-corrected chi connectivity index (χ2v) is 7.03. The molecule has 1 heterocycles. The highest BCUT2D eigenvalue weighted by Crippen LogP contribution is 2.30. The number of para-hydroxylation sites is 2. The summed E-state index contributed by atoms with van der Waals surface area (Å²) in [7, 11) is 0. The standard InChI is InChI=1S/C21H22N4O/c1-21(2,3)16-11-7-8-12-17(16)25-19-13-18(22-14-23-19)20(26)24-15-9-5-4-6-10-15/h4-14H,1-3H3,(H,24,26)(H,22,23,25). The summed E-state index contributed by atoms with van der Waals surface area (Å²) >= 11 is 0. The number of hydrogen-bond donors (Lipinski definition) is 2. The van der Waals surface area contributed by atoms with Crippen LogP contribution in [0.5, 0.6) is 0 Å². The predicted molar refractivity (Wildman–Crippen MR) is 105 cm³/mol. The molecule has 0 atom stereocenters. The van der Waals surface area contributed by atoms with E-state index in [9.17, 15) is 4.79 Å². The lowest BCUT2D eigenvalue weighted by Gasteiger charge is -2.23. The lowest BCUT2D eigenvalue weighted by atomic mass is 9.86. The minimum absolute atomic E-state index is 0.00978. The summed E-state index contributed by atoms with van der Waals surface area (Å²) in [6, 6.07) is 19.0. The first kappa shape index (κ1) is 17.6. The van der Waals surface area contributed by atoms with Gasteiger partial charge in [-0.05, 0) is 29.2 Å². The molecule has 3 rings (SSSR count). The van der Waals surface area contributed by atoms with E-state index in [0.29, 0.717) is 11.5 Å². The molecule has 5 nitrogen and oxygen atoms in total. The Morgan fingerprint density at radius 1 is 0.923 bits per heavy atom. The molecule has 0 fully saturated rings. The maximum absolute atomic E-state index is 12.4. The van der Waals surface area contributed by atoms with Crippen LogP contribution in [0.2, 0.25) is 0 Å². The SMILES string of the molecule is CC(C)(C)c1ccccc1Nc1cc(C(=O)Nc2ccccc2)ncn1. The van der Waals surface area contributed by atoms with Gasteiger partial charge in [-0.2, -0.15) is 0 Å². The molecule has 1 amide bonds. The third kappa shape index (κ3) is 4.25. The summed E-state index contributed by atoms with van der Waals surface area (Å²) in [6.07, 6.45) is 1.39. The van der Waals surface area contributed by atoms with Crippen LogP contribution < -0.4 is 10.6 Å². The fraction of sp³-hybridized carbons (Fsp3) is 0.190. The Bertz CT molecular complexity index is 901. The van der Waals surface area contributed by atoms with Gasteiger partial charge in [0.1, 0.15) is 17.8 Å². The van der Waals surface area contributed by atoms with E-state index in [2.05, 4.69) is 47.4 Å². The van der Waals surface area contributed by atoms with Crippen molar-refractivity contribution < 1.29 is 4.79 Å². The second-order valence-electron chi connectivity index (χ2n) is 7.03. The molecule has 2 N–H and O–H groups in total. The minimum Gasteiger partial charge on any atom is -0.340 e. The number of amides is 1. The molecule has 0 saturated carbocycles. The average molecular weight is 346 g/mol. The van der Waals surface area contributed by atoms with Crippen LogP contribution in [0.25, 0.3) is 0 Å². The van der Waals surface area contributed by atoms with Gasteiger partial charge in [0.15, 0.2) is 0 Å². The van der Waals surface area contributed by atoms with Crippen LogP contribution in [-0.2, 0) is 5.41 Å². The molecule has 1 aromatic heterocycles. The molecule has 2 aromatic carbocycles. The van der Waals surface area contributed by atoms with Crippen molar-refractivity contribution in [2.24, 2.45) is 0 Å². The topological polar surface area (TPSA) is 66.9 Å². The Labute approximate surface area is 153 Å². The molecule has 0 aliphatic rings. The van der Waals surface area contributed by atoms with Crippen LogP contribution in [-0.4, -0.2) is 15.9 Å². The number of aromatic nitrogens is 2. The van der Waals surface area contributed by atoms with Gasteiger partial charge in [0, 0.05) is 17.4 Å². The molecule has 0 saturated heterocycles. The van der Waals surface area contributed by atoms with Gasteiger partial charge in [-0.25, -0.2) is 9.97 Å². The zero-order valence-electron chi connectivity index (χ0n) is 15.2. The zero-order chi connectivity index (χ0) is 18.6. The van der Waals surface area contributed by atoms with E-state index in [1.54, 1.807) is 6.07 Å². The molecule has 0 unspecified atom stereocenters. The van der Waals surface area contributed by atoms with Crippen LogP contribution in [0.4, 0.5) is 17.2 Å². The van der Waals surface area contributed by atoms with E-state index in [-0.39, 0.29) is 11.3 Å². The van der Waals surface area contributed by atoms with Gasteiger partial charge >= 0.3 is 0 Å². The van der Waals surface area contributed by atoms with Crippen LogP contribution in [0, 0.1) is 0 Å². The maximum atomic E-state index is 12.4. The van der Waals surface area contributed by atoms with E-state index in [1.165, 1.54) is 11.9 Å². The summed E-state index contributed by atoms with van der Waals surface area (Å²) in [4.78, 5) is 20.7. The van der Waals surface area contributed by atoms with Gasteiger partial charge in [0.25, 0.3) is 5.91 Å². The van der Waals surface area contributed by atoms with Crippen molar-refractivity contribution in [1.29, 1.82) is 0 Å². The molecule has 26 heavy (non-hydrogen) atoms. The van der Waals surface area contributed by atoms with Crippen LogP contribution >= 0.6 is 0 Å². The largest absolute Gasteiger partial charge is 0.340 e. The number of carbonyl (C=O) groups is 1. The summed E-state index contributed by atoms with van der Waals surface area (Å²) < 4.78 is 0. The molecule has 132 valence electrons. The van der Waals surface area contributed by atoms with Gasteiger partial charge in [-0.1, -0.05) is 57.2 Å². The normalized spacial score (nSPS) is 11.0. The summed E-state index contributed by atoms with van der Waals surface area (Å²) in [5.41, 5.74) is 3.16. The van der Waals surface area contributed by atoms with Gasteiger partial charge < -0.3 is 10.6 Å². The summed E-state index contributed by atoms with van der Waals surface area (Å²) in [5.74, 6) is 0.306. The molecular weight excluding hydrogens is 324 g/mol. The molecule has 0 bridgehead atoms. The van der Waals surface area contributed by atoms with Gasteiger partial charge in [-0.3, -0.25) is 4.79 Å². The fourth-order valence-corrected chi connectivity index (χ4v) is 2.65. The lowest BCUT2D eigenvalue weighted by Crippen LogP contribution is -2.15. The first-order valence-electron chi connectivity index (χ1n) is 8.48. The van der Waals surface area contributed by atoms with Crippen molar-refractivity contribution >= 4 is 23.1 Å². The van der Waals surface area contributed by atoms with E-state index in [4.69, 9.17) is 0 Å². The minimum atomic E-state index is -0.272. The summed E-state index contributed by atoms with van der Waals surface area (Å²) in [6.45, 7) is 6.48.